The number of nitrogens with one attached hydrogen (secondary N) is 1. The summed E-state index contributed by atoms with van der Waals surface area (Å²) in [6.45, 7) is 8.10. The van der Waals surface area contributed by atoms with Gasteiger partial charge in [0.2, 0.25) is 5.95 Å². The zero-order valence-electron chi connectivity index (χ0n) is 16.9. The topological polar surface area (TPSA) is 67.4 Å². The maximum absolute atomic E-state index is 11.7. The molecule has 1 aromatic carbocycles. The van der Waals surface area contributed by atoms with Gasteiger partial charge < -0.3 is 15.0 Å². The van der Waals surface area contributed by atoms with Crippen LogP contribution in [0.2, 0.25) is 0 Å². The van der Waals surface area contributed by atoms with E-state index in [1.54, 1.807) is 30.4 Å². The van der Waals surface area contributed by atoms with Crippen LogP contribution < -0.4 is 5.32 Å². The molecule has 1 saturated heterocycles. The van der Waals surface area contributed by atoms with E-state index in [4.69, 9.17) is 4.74 Å². The van der Waals surface area contributed by atoms with Crippen LogP contribution in [0.3, 0.4) is 0 Å². The molecule has 1 amide bonds. The lowest BCUT2D eigenvalue weighted by atomic mass is 10.1. The van der Waals surface area contributed by atoms with Crippen LogP contribution in [-0.4, -0.2) is 41.1 Å². The first-order chi connectivity index (χ1) is 13.2. The van der Waals surface area contributed by atoms with Gasteiger partial charge in [-0.25, -0.2) is 14.8 Å². The number of likely N-dealkylation sites (tertiary alicyclic amines) is 1. The van der Waals surface area contributed by atoms with Gasteiger partial charge in [-0.3, -0.25) is 0 Å². The van der Waals surface area contributed by atoms with E-state index in [0.717, 1.165) is 31.5 Å². The summed E-state index contributed by atoms with van der Waals surface area (Å²) in [5, 5.41) is 2.80. The van der Waals surface area contributed by atoms with Crippen LogP contribution in [0, 0.1) is 6.92 Å². The van der Waals surface area contributed by atoms with E-state index in [2.05, 4.69) is 15.3 Å². The molecule has 0 saturated carbocycles. The van der Waals surface area contributed by atoms with Crippen LogP contribution in [0.15, 0.2) is 42.7 Å². The van der Waals surface area contributed by atoms with E-state index < -0.39 is 0 Å². The number of piperidine rings is 1. The smallest absolute Gasteiger partial charge is 0.410 e. The highest BCUT2D eigenvalue weighted by molar-refractivity contribution is 5.67. The number of aromatic nitrogens is 2. The average Bonchev–Trinajstić information content (AvgIpc) is 2.76. The molecule has 148 valence electrons. The second kappa shape index (κ2) is 13.6. The number of aryl methyl sites for hydroxylation is 1. The number of rotatable bonds is 3. The molecule has 0 atom stereocenters. The quantitative estimate of drug-likeness (QED) is 0.848. The van der Waals surface area contributed by atoms with Crippen molar-refractivity contribution < 1.29 is 9.53 Å². The SMILES string of the molecule is CC.CNc1ncccn1.Cc1ccc(COC(=O)N2CCCCC2)cc1. The summed E-state index contributed by atoms with van der Waals surface area (Å²) in [4.78, 5) is 21.3. The molecule has 3 rings (SSSR count). The monoisotopic (exact) mass is 372 g/mol. The first-order valence-electron chi connectivity index (χ1n) is 9.61. The predicted octanol–water partition coefficient (Wildman–Crippen LogP) is 4.66. The Balaban J connectivity index is 0.000000305. The summed E-state index contributed by atoms with van der Waals surface area (Å²) < 4.78 is 5.29. The number of hydrogen-bond donors (Lipinski definition) is 1. The Morgan fingerprint density at radius 2 is 1.67 bits per heavy atom. The zero-order valence-corrected chi connectivity index (χ0v) is 16.9. The molecule has 1 fully saturated rings. The van der Waals surface area contributed by atoms with Gasteiger partial charge in [0.15, 0.2) is 0 Å². The third-order valence-electron chi connectivity index (χ3n) is 3.89. The molecule has 0 bridgehead atoms. The molecule has 27 heavy (non-hydrogen) atoms. The van der Waals surface area contributed by atoms with Crippen molar-refractivity contribution in [2.75, 3.05) is 25.5 Å². The Kier molecular flexibility index (Phi) is 11.3. The Bertz CT molecular complexity index is 626. The number of ether oxygens (including phenoxy) is 1. The van der Waals surface area contributed by atoms with Gasteiger partial charge in [0, 0.05) is 32.5 Å². The van der Waals surface area contributed by atoms with Crippen molar-refractivity contribution in [3.05, 3.63) is 53.9 Å². The van der Waals surface area contributed by atoms with Gasteiger partial charge in [0.1, 0.15) is 6.61 Å². The maximum Gasteiger partial charge on any atom is 0.410 e. The summed E-state index contributed by atoms with van der Waals surface area (Å²) in [5.41, 5.74) is 2.26. The van der Waals surface area contributed by atoms with E-state index in [9.17, 15) is 4.79 Å². The molecule has 1 aliphatic rings. The van der Waals surface area contributed by atoms with Gasteiger partial charge in [-0.2, -0.15) is 0 Å². The number of carbonyl (C=O) groups excluding carboxylic acids is 1. The third kappa shape index (κ3) is 9.03. The van der Waals surface area contributed by atoms with E-state index in [-0.39, 0.29) is 6.09 Å². The minimum Gasteiger partial charge on any atom is -0.445 e. The molecule has 0 unspecified atom stereocenters. The Hall–Kier alpha value is -2.63. The summed E-state index contributed by atoms with van der Waals surface area (Å²) >= 11 is 0. The van der Waals surface area contributed by atoms with Crippen LogP contribution in [0.4, 0.5) is 10.7 Å². The Morgan fingerprint density at radius 1 is 1.07 bits per heavy atom. The normalized spacial score (nSPS) is 12.7. The van der Waals surface area contributed by atoms with Gasteiger partial charge in [-0.05, 0) is 37.8 Å². The number of hydrogen-bond acceptors (Lipinski definition) is 5. The van der Waals surface area contributed by atoms with Crippen LogP contribution in [0.5, 0.6) is 0 Å². The van der Waals surface area contributed by atoms with Gasteiger partial charge in [-0.1, -0.05) is 43.7 Å². The van der Waals surface area contributed by atoms with E-state index in [0.29, 0.717) is 12.6 Å². The second-order valence-electron chi connectivity index (χ2n) is 5.91. The molecular formula is C21H32N4O2. The van der Waals surface area contributed by atoms with Gasteiger partial charge >= 0.3 is 6.09 Å². The van der Waals surface area contributed by atoms with Crippen LogP contribution in [0.25, 0.3) is 0 Å². The fourth-order valence-electron chi connectivity index (χ4n) is 2.43. The van der Waals surface area contributed by atoms with Gasteiger partial charge in [-0.15, -0.1) is 0 Å². The molecule has 6 heteroatoms. The Morgan fingerprint density at radius 3 is 2.19 bits per heavy atom. The molecule has 1 N–H and O–H groups in total. The third-order valence-corrected chi connectivity index (χ3v) is 3.89. The van der Waals surface area contributed by atoms with Gasteiger partial charge in [0.05, 0.1) is 0 Å². The van der Waals surface area contributed by atoms with Crippen LogP contribution in [-0.2, 0) is 11.3 Å². The highest BCUT2D eigenvalue weighted by Crippen LogP contribution is 2.11. The number of benzene rings is 1. The van der Waals surface area contributed by atoms with Crippen molar-refractivity contribution in [2.45, 2.75) is 46.6 Å². The Labute approximate surface area is 163 Å². The summed E-state index contributed by atoms with van der Waals surface area (Å²) in [7, 11) is 1.79. The summed E-state index contributed by atoms with van der Waals surface area (Å²) in [6, 6.07) is 9.84. The molecule has 6 nitrogen and oxygen atoms in total. The molecule has 2 heterocycles. The molecule has 0 aliphatic carbocycles. The summed E-state index contributed by atoms with van der Waals surface area (Å²) in [5.74, 6) is 0.660. The zero-order chi connectivity index (χ0) is 19.9. The maximum atomic E-state index is 11.7. The predicted molar refractivity (Wildman–Crippen MR) is 110 cm³/mol. The molecule has 1 aliphatic heterocycles. The first-order valence-corrected chi connectivity index (χ1v) is 9.61. The molecule has 2 aromatic rings. The standard InChI is InChI=1S/C14H19NO2.C5H7N3.C2H6/c1-12-5-7-13(8-6-12)11-17-14(16)15-9-3-2-4-10-15;1-6-5-7-3-2-4-8-5;1-2/h5-8H,2-4,9-11H2,1H3;2-4H,1H3,(H,6,7,8);1-2H3. The van der Waals surface area contributed by atoms with E-state index in [1.165, 1.54) is 12.0 Å². The number of carbonyl (C=O) groups is 1. The van der Waals surface area contributed by atoms with Crippen molar-refractivity contribution in [3.63, 3.8) is 0 Å². The van der Waals surface area contributed by atoms with Crippen LogP contribution >= 0.6 is 0 Å². The van der Waals surface area contributed by atoms with Crippen molar-refractivity contribution in [1.82, 2.24) is 14.9 Å². The molecular weight excluding hydrogens is 340 g/mol. The lowest BCUT2D eigenvalue weighted by molar-refractivity contribution is 0.0894. The summed E-state index contributed by atoms with van der Waals surface area (Å²) in [6.07, 6.45) is 6.63. The van der Waals surface area contributed by atoms with Crippen molar-refractivity contribution in [3.8, 4) is 0 Å². The first kappa shape index (κ1) is 22.4. The minimum absolute atomic E-state index is 0.176. The van der Waals surface area contributed by atoms with Gasteiger partial charge in [0.25, 0.3) is 0 Å². The molecule has 0 spiro atoms. The van der Waals surface area contributed by atoms with Crippen molar-refractivity contribution >= 4 is 12.0 Å². The minimum atomic E-state index is -0.176. The second-order valence-corrected chi connectivity index (χ2v) is 5.91. The fraction of sp³-hybridized carbons (Fsp3) is 0.476. The highest BCUT2D eigenvalue weighted by atomic mass is 16.6. The van der Waals surface area contributed by atoms with E-state index >= 15 is 0 Å². The molecule has 1 aromatic heterocycles. The largest absolute Gasteiger partial charge is 0.445 e. The average molecular weight is 373 g/mol. The van der Waals surface area contributed by atoms with Crippen molar-refractivity contribution in [2.24, 2.45) is 0 Å². The van der Waals surface area contributed by atoms with E-state index in [1.807, 2.05) is 45.0 Å². The highest BCUT2D eigenvalue weighted by Gasteiger charge is 2.17. The van der Waals surface area contributed by atoms with Crippen molar-refractivity contribution in [1.29, 1.82) is 0 Å². The lowest BCUT2D eigenvalue weighted by Crippen LogP contribution is -2.35. The fourth-order valence-corrected chi connectivity index (χ4v) is 2.43. The number of nitrogens with zero attached hydrogens (tertiary/aromatic N) is 3. The van der Waals surface area contributed by atoms with Crippen LogP contribution in [0.1, 0.15) is 44.2 Å². The lowest BCUT2D eigenvalue weighted by Gasteiger charge is -2.25. The number of anilines is 1. The molecule has 0 radical (unpaired) electrons. The number of amides is 1.